The maximum atomic E-state index is 13.7. The summed E-state index contributed by atoms with van der Waals surface area (Å²) in [5, 5.41) is 10.5. The van der Waals surface area contributed by atoms with Crippen molar-refractivity contribution < 1.29 is 13.9 Å². The molecule has 0 spiro atoms. The second kappa shape index (κ2) is 6.44. The fourth-order valence-electron chi connectivity index (χ4n) is 2.76. The second-order valence-electron chi connectivity index (χ2n) is 5.14. The molecule has 1 atom stereocenters. The lowest BCUT2D eigenvalue weighted by molar-refractivity contribution is -0.0130. The summed E-state index contributed by atoms with van der Waals surface area (Å²) < 4.78 is 26.8. The van der Waals surface area contributed by atoms with Gasteiger partial charge in [-0.1, -0.05) is 26.0 Å². The van der Waals surface area contributed by atoms with E-state index in [0.29, 0.717) is 0 Å². The Morgan fingerprint density at radius 2 is 1.79 bits per heavy atom. The minimum atomic E-state index is -0.867. The van der Waals surface area contributed by atoms with E-state index in [0.717, 1.165) is 18.9 Å². The molecule has 0 fully saturated rings. The predicted molar refractivity (Wildman–Crippen MR) is 73.1 cm³/mol. The van der Waals surface area contributed by atoms with Gasteiger partial charge in [-0.2, -0.15) is 0 Å². The highest BCUT2D eigenvalue weighted by molar-refractivity contribution is 5.20. The molecule has 1 N–H and O–H groups in total. The van der Waals surface area contributed by atoms with Gasteiger partial charge in [0.25, 0.3) is 0 Å². The third-order valence-corrected chi connectivity index (χ3v) is 4.18. The summed E-state index contributed by atoms with van der Waals surface area (Å²) in [6, 6.07) is 4.08. The molecule has 19 heavy (non-hydrogen) atoms. The van der Waals surface area contributed by atoms with Gasteiger partial charge in [-0.05, 0) is 38.6 Å². The Morgan fingerprint density at radius 3 is 2.26 bits per heavy atom. The SMILES string of the molecule is CCC(CC)(C(O)Cc1cccc(F)c1F)N(C)C. The largest absolute Gasteiger partial charge is 0.391 e. The van der Waals surface area contributed by atoms with Gasteiger partial charge in [0, 0.05) is 12.0 Å². The van der Waals surface area contributed by atoms with Gasteiger partial charge in [0.1, 0.15) is 0 Å². The maximum Gasteiger partial charge on any atom is 0.162 e. The van der Waals surface area contributed by atoms with Crippen LogP contribution in [0.25, 0.3) is 0 Å². The molecule has 0 bridgehead atoms. The van der Waals surface area contributed by atoms with E-state index < -0.39 is 23.3 Å². The molecule has 0 heterocycles. The van der Waals surface area contributed by atoms with Crippen molar-refractivity contribution in [1.29, 1.82) is 0 Å². The number of halogens is 2. The Bertz CT molecular complexity index is 417. The molecule has 0 radical (unpaired) electrons. The summed E-state index contributed by atoms with van der Waals surface area (Å²) >= 11 is 0. The highest BCUT2D eigenvalue weighted by Gasteiger charge is 2.37. The van der Waals surface area contributed by atoms with Crippen LogP contribution in [0.15, 0.2) is 18.2 Å². The average Bonchev–Trinajstić information content (AvgIpc) is 2.36. The molecule has 4 heteroatoms. The van der Waals surface area contributed by atoms with Crippen LogP contribution < -0.4 is 0 Å². The number of aliphatic hydroxyl groups excluding tert-OH is 1. The van der Waals surface area contributed by atoms with Crippen LogP contribution >= 0.6 is 0 Å². The summed E-state index contributed by atoms with van der Waals surface area (Å²) in [4.78, 5) is 1.97. The minimum absolute atomic E-state index is 0.115. The van der Waals surface area contributed by atoms with Crippen molar-refractivity contribution in [1.82, 2.24) is 4.90 Å². The van der Waals surface area contributed by atoms with Gasteiger partial charge in [-0.15, -0.1) is 0 Å². The highest BCUT2D eigenvalue weighted by Crippen LogP contribution is 2.28. The Kier molecular flexibility index (Phi) is 5.44. The molecule has 0 saturated heterocycles. The van der Waals surface area contributed by atoms with Crippen molar-refractivity contribution in [3.8, 4) is 0 Å². The Morgan fingerprint density at radius 1 is 1.21 bits per heavy atom. The van der Waals surface area contributed by atoms with Gasteiger partial charge >= 0.3 is 0 Å². The monoisotopic (exact) mass is 271 g/mol. The predicted octanol–water partition coefficient (Wildman–Crippen LogP) is 2.99. The van der Waals surface area contributed by atoms with Crippen LogP contribution in [0.4, 0.5) is 8.78 Å². The fourth-order valence-corrected chi connectivity index (χ4v) is 2.76. The van der Waals surface area contributed by atoms with E-state index in [9.17, 15) is 13.9 Å². The number of nitrogens with zero attached hydrogens (tertiary/aromatic N) is 1. The molecular formula is C15H23F2NO. The first-order chi connectivity index (χ1) is 8.89. The fraction of sp³-hybridized carbons (Fsp3) is 0.600. The average molecular weight is 271 g/mol. The van der Waals surface area contributed by atoms with E-state index >= 15 is 0 Å². The molecule has 0 amide bonds. The summed E-state index contributed by atoms with van der Waals surface area (Å²) in [6.07, 6.45) is 0.862. The van der Waals surface area contributed by atoms with Gasteiger partial charge in [-0.3, -0.25) is 0 Å². The number of aliphatic hydroxyl groups is 1. The zero-order chi connectivity index (χ0) is 14.6. The van der Waals surface area contributed by atoms with Gasteiger partial charge in [0.15, 0.2) is 11.6 Å². The molecule has 2 nitrogen and oxygen atoms in total. The van der Waals surface area contributed by atoms with Crippen LogP contribution in [0.2, 0.25) is 0 Å². The summed E-state index contributed by atoms with van der Waals surface area (Å²) in [6.45, 7) is 3.99. The third-order valence-electron chi connectivity index (χ3n) is 4.18. The lowest BCUT2D eigenvalue weighted by atomic mass is 9.82. The van der Waals surface area contributed by atoms with E-state index in [1.54, 1.807) is 0 Å². The number of likely N-dealkylation sites (N-methyl/N-ethyl adjacent to an activating group) is 1. The summed E-state index contributed by atoms with van der Waals surface area (Å²) in [7, 11) is 3.80. The first-order valence-electron chi connectivity index (χ1n) is 6.67. The van der Waals surface area contributed by atoms with Gasteiger partial charge in [0.05, 0.1) is 6.10 Å². The number of hydrogen-bond donors (Lipinski definition) is 1. The second-order valence-corrected chi connectivity index (χ2v) is 5.14. The summed E-state index contributed by atoms with van der Waals surface area (Å²) in [5.41, 5.74) is -0.195. The minimum Gasteiger partial charge on any atom is -0.391 e. The molecule has 0 aromatic heterocycles. The number of benzene rings is 1. The van der Waals surface area contributed by atoms with Crippen LogP contribution in [0.5, 0.6) is 0 Å². The molecule has 0 aliphatic carbocycles. The van der Waals surface area contributed by atoms with Crippen LogP contribution in [-0.4, -0.2) is 35.7 Å². The van der Waals surface area contributed by atoms with Crippen molar-refractivity contribution in [3.63, 3.8) is 0 Å². The Hall–Kier alpha value is -1.00. The summed E-state index contributed by atoms with van der Waals surface area (Å²) in [5.74, 6) is -1.73. The van der Waals surface area contributed by atoms with Gasteiger partial charge in [-0.25, -0.2) is 8.78 Å². The Labute approximate surface area is 114 Å². The lowest BCUT2D eigenvalue weighted by Gasteiger charge is -2.42. The maximum absolute atomic E-state index is 13.7. The topological polar surface area (TPSA) is 23.5 Å². The first kappa shape index (κ1) is 16.1. The molecule has 1 unspecified atom stereocenters. The molecule has 0 aliphatic rings. The molecule has 108 valence electrons. The van der Waals surface area contributed by atoms with E-state index in [-0.39, 0.29) is 12.0 Å². The zero-order valence-electron chi connectivity index (χ0n) is 12.1. The van der Waals surface area contributed by atoms with Crippen molar-refractivity contribution in [3.05, 3.63) is 35.4 Å². The molecule has 1 aromatic rings. The van der Waals surface area contributed by atoms with Crippen molar-refractivity contribution in [2.24, 2.45) is 0 Å². The molecule has 0 aliphatic heterocycles. The normalized spacial score (nSPS) is 13.9. The third kappa shape index (κ3) is 3.12. The standard InChI is InChI=1S/C15H23F2NO/c1-5-15(6-2,18(3)4)13(19)10-11-8-7-9-12(16)14(11)17/h7-9,13,19H,5-6,10H2,1-4H3. The van der Waals surface area contributed by atoms with Crippen LogP contribution in [0, 0.1) is 11.6 Å². The molecule has 1 aromatic carbocycles. The molecule has 1 rings (SSSR count). The molecule has 0 saturated carbocycles. The highest BCUT2D eigenvalue weighted by atomic mass is 19.2. The smallest absolute Gasteiger partial charge is 0.162 e. The van der Waals surface area contributed by atoms with E-state index in [4.69, 9.17) is 0 Å². The van der Waals surface area contributed by atoms with Gasteiger partial charge in [0.2, 0.25) is 0 Å². The first-order valence-corrected chi connectivity index (χ1v) is 6.67. The van der Waals surface area contributed by atoms with Crippen LogP contribution in [-0.2, 0) is 6.42 Å². The Balaban J connectivity index is 3.00. The van der Waals surface area contributed by atoms with Crippen molar-refractivity contribution in [2.45, 2.75) is 44.8 Å². The lowest BCUT2D eigenvalue weighted by Crippen LogP contribution is -2.53. The zero-order valence-corrected chi connectivity index (χ0v) is 12.1. The number of rotatable bonds is 6. The van der Waals surface area contributed by atoms with E-state index in [1.165, 1.54) is 12.1 Å². The van der Waals surface area contributed by atoms with Crippen LogP contribution in [0.3, 0.4) is 0 Å². The van der Waals surface area contributed by atoms with E-state index in [1.807, 2.05) is 32.8 Å². The van der Waals surface area contributed by atoms with E-state index in [2.05, 4.69) is 0 Å². The number of hydrogen-bond acceptors (Lipinski definition) is 2. The van der Waals surface area contributed by atoms with Crippen LogP contribution in [0.1, 0.15) is 32.3 Å². The van der Waals surface area contributed by atoms with Gasteiger partial charge < -0.3 is 10.0 Å². The van der Waals surface area contributed by atoms with Crippen molar-refractivity contribution >= 4 is 0 Å². The quantitative estimate of drug-likeness (QED) is 0.860. The van der Waals surface area contributed by atoms with Crippen molar-refractivity contribution in [2.75, 3.05) is 14.1 Å². The molecular weight excluding hydrogens is 248 g/mol.